The summed E-state index contributed by atoms with van der Waals surface area (Å²) < 4.78 is 37.5. The monoisotopic (exact) mass is 256 g/mol. The second kappa shape index (κ2) is 4.33. The Morgan fingerprint density at radius 2 is 1.88 bits per heavy atom. The van der Waals surface area contributed by atoms with Crippen molar-refractivity contribution in [2.45, 2.75) is 6.18 Å². The fourth-order valence-corrected chi connectivity index (χ4v) is 2.16. The summed E-state index contributed by atoms with van der Waals surface area (Å²) in [6, 6.07) is 6.63. The van der Waals surface area contributed by atoms with Gasteiger partial charge in [0.2, 0.25) is 0 Å². The van der Waals surface area contributed by atoms with E-state index in [1.165, 1.54) is 17.4 Å². The van der Waals surface area contributed by atoms with Crippen molar-refractivity contribution < 1.29 is 18.0 Å². The fourth-order valence-electron chi connectivity index (χ4n) is 1.44. The molecule has 1 aromatic heterocycles. The predicted molar refractivity (Wildman–Crippen MR) is 60.1 cm³/mol. The van der Waals surface area contributed by atoms with E-state index >= 15 is 0 Å². The van der Waals surface area contributed by atoms with Crippen molar-refractivity contribution in [2.75, 3.05) is 0 Å². The average Bonchev–Trinajstić information content (AvgIpc) is 2.76. The van der Waals surface area contributed by atoms with Crippen LogP contribution in [0.15, 0.2) is 35.7 Å². The summed E-state index contributed by atoms with van der Waals surface area (Å²) in [4.78, 5) is 11.0. The molecule has 0 radical (unpaired) electrons. The van der Waals surface area contributed by atoms with E-state index in [-0.39, 0.29) is 0 Å². The van der Waals surface area contributed by atoms with Crippen molar-refractivity contribution in [1.82, 2.24) is 0 Å². The lowest BCUT2D eigenvalue weighted by molar-refractivity contribution is -0.137. The molecule has 1 heterocycles. The van der Waals surface area contributed by atoms with Crippen LogP contribution in [0.3, 0.4) is 0 Å². The molecule has 2 rings (SSSR count). The largest absolute Gasteiger partial charge is 0.416 e. The van der Waals surface area contributed by atoms with E-state index in [1.807, 2.05) is 0 Å². The van der Waals surface area contributed by atoms with Crippen LogP contribution in [0, 0.1) is 0 Å². The second-order valence-electron chi connectivity index (χ2n) is 3.43. The molecule has 0 atom stereocenters. The van der Waals surface area contributed by atoms with Gasteiger partial charge in [0.1, 0.15) is 0 Å². The number of halogens is 3. The van der Waals surface area contributed by atoms with Gasteiger partial charge in [-0.3, -0.25) is 4.79 Å². The van der Waals surface area contributed by atoms with E-state index in [0.29, 0.717) is 22.3 Å². The molecule has 17 heavy (non-hydrogen) atoms. The number of carbonyl (C=O) groups excluding carboxylic acids is 1. The minimum absolute atomic E-state index is 0.462. The van der Waals surface area contributed by atoms with Crippen LogP contribution in [0.2, 0.25) is 0 Å². The van der Waals surface area contributed by atoms with Gasteiger partial charge in [0.15, 0.2) is 6.29 Å². The molecule has 2 aromatic rings. The normalized spacial score (nSPS) is 11.5. The molecule has 0 aliphatic rings. The van der Waals surface area contributed by atoms with E-state index in [2.05, 4.69) is 0 Å². The summed E-state index contributed by atoms with van der Waals surface area (Å²) in [5.74, 6) is 0. The van der Waals surface area contributed by atoms with E-state index < -0.39 is 11.7 Å². The molecule has 0 saturated heterocycles. The van der Waals surface area contributed by atoms with Crippen LogP contribution < -0.4 is 0 Å². The Labute approximate surface area is 99.5 Å². The Balaban J connectivity index is 2.42. The van der Waals surface area contributed by atoms with Crippen LogP contribution in [-0.4, -0.2) is 6.29 Å². The molecule has 0 spiro atoms. The molecule has 1 nitrogen and oxygen atoms in total. The number of benzene rings is 1. The van der Waals surface area contributed by atoms with Crippen LogP contribution >= 0.6 is 11.3 Å². The summed E-state index contributed by atoms with van der Waals surface area (Å²) in [7, 11) is 0. The first kappa shape index (κ1) is 11.9. The summed E-state index contributed by atoms with van der Waals surface area (Å²) in [6.45, 7) is 0. The van der Waals surface area contributed by atoms with Gasteiger partial charge in [-0.15, -0.1) is 11.3 Å². The molecule has 88 valence electrons. The smallest absolute Gasteiger partial charge is 0.297 e. The van der Waals surface area contributed by atoms with Gasteiger partial charge in [0.05, 0.1) is 10.4 Å². The Morgan fingerprint density at radius 1 is 1.12 bits per heavy atom. The van der Waals surface area contributed by atoms with Crippen molar-refractivity contribution in [3.63, 3.8) is 0 Å². The molecular formula is C12H7F3OS. The topological polar surface area (TPSA) is 17.1 Å². The van der Waals surface area contributed by atoms with Crippen LogP contribution in [0.1, 0.15) is 15.2 Å². The first-order chi connectivity index (χ1) is 8.00. The SMILES string of the molecule is O=Cc1cc(-c2cccc(C(F)(F)F)c2)cs1. The number of alkyl halides is 3. The van der Waals surface area contributed by atoms with Crippen LogP contribution in [-0.2, 0) is 6.18 Å². The fraction of sp³-hybridized carbons (Fsp3) is 0.0833. The molecule has 5 heteroatoms. The van der Waals surface area contributed by atoms with E-state index in [4.69, 9.17) is 0 Å². The van der Waals surface area contributed by atoms with E-state index in [0.717, 1.165) is 12.1 Å². The highest BCUT2D eigenvalue weighted by atomic mass is 32.1. The lowest BCUT2D eigenvalue weighted by Gasteiger charge is -2.07. The number of aldehydes is 1. The van der Waals surface area contributed by atoms with E-state index in [9.17, 15) is 18.0 Å². The van der Waals surface area contributed by atoms with Gasteiger partial charge >= 0.3 is 6.18 Å². The average molecular weight is 256 g/mol. The van der Waals surface area contributed by atoms with Crippen molar-refractivity contribution >= 4 is 17.6 Å². The molecule has 0 unspecified atom stereocenters. The third-order valence-electron chi connectivity index (χ3n) is 2.26. The maximum atomic E-state index is 12.5. The molecule has 0 N–H and O–H groups in total. The second-order valence-corrected chi connectivity index (χ2v) is 4.38. The molecule has 0 amide bonds. The van der Waals surface area contributed by atoms with Gasteiger partial charge in [-0.2, -0.15) is 13.2 Å². The predicted octanol–water partition coefficient (Wildman–Crippen LogP) is 4.25. The molecule has 1 aromatic carbocycles. The van der Waals surface area contributed by atoms with Crippen molar-refractivity contribution in [2.24, 2.45) is 0 Å². The summed E-state index contributed by atoms with van der Waals surface area (Å²) in [5, 5.41) is 1.67. The number of thiophene rings is 1. The highest BCUT2D eigenvalue weighted by Gasteiger charge is 2.30. The third kappa shape index (κ3) is 2.55. The number of hydrogen-bond acceptors (Lipinski definition) is 2. The zero-order valence-corrected chi connectivity index (χ0v) is 9.31. The quantitative estimate of drug-likeness (QED) is 0.734. The molecule has 0 fully saturated rings. The Kier molecular flexibility index (Phi) is 3.02. The zero-order valence-electron chi connectivity index (χ0n) is 8.49. The van der Waals surface area contributed by atoms with Crippen molar-refractivity contribution in [1.29, 1.82) is 0 Å². The maximum absolute atomic E-state index is 12.5. The first-order valence-corrected chi connectivity index (χ1v) is 5.60. The lowest BCUT2D eigenvalue weighted by atomic mass is 10.1. The highest BCUT2D eigenvalue weighted by Crippen LogP contribution is 2.33. The van der Waals surface area contributed by atoms with E-state index in [1.54, 1.807) is 17.5 Å². The molecule has 0 aliphatic heterocycles. The van der Waals surface area contributed by atoms with Gasteiger partial charge < -0.3 is 0 Å². The van der Waals surface area contributed by atoms with Crippen LogP contribution in [0.25, 0.3) is 11.1 Å². The zero-order chi connectivity index (χ0) is 12.5. The van der Waals surface area contributed by atoms with Crippen molar-refractivity contribution in [3.8, 4) is 11.1 Å². The van der Waals surface area contributed by atoms with Crippen LogP contribution in [0.4, 0.5) is 13.2 Å². The van der Waals surface area contributed by atoms with Gasteiger partial charge in [-0.25, -0.2) is 0 Å². The molecule has 0 aliphatic carbocycles. The van der Waals surface area contributed by atoms with Crippen molar-refractivity contribution in [3.05, 3.63) is 46.2 Å². The third-order valence-corrected chi connectivity index (χ3v) is 3.12. The summed E-state index contributed by atoms with van der Waals surface area (Å²) >= 11 is 1.21. The number of rotatable bonds is 2. The Morgan fingerprint density at radius 3 is 2.47 bits per heavy atom. The molecule has 0 bridgehead atoms. The number of hydrogen-bond donors (Lipinski definition) is 0. The van der Waals surface area contributed by atoms with Gasteiger partial charge in [-0.1, -0.05) is 12.1 Å². The Hall–Kier alpha value is -1.62. The molecule has 0 saturated carbocycles. The van der Waals surface area contributed by atoms with Gasteiger partial charge in [0.25, 0.3) is 0 Å². The highest BCUT2D eigenvalue weighted by molar-refractivity contribution is 7.12. The Bertz CT molecular complexity index is 543. The maximum Gasteiger partial charge on any atom is 0.416 e. The first-order valence-electron chi connectivity index (χ1n) is 4.72. The number of carbonyl (C=O) groups is 1. The molecular weight excluding hydrogens is 249 g/mol. The minimum atomic E-state index is -4.35. The minimum Gasteiger partial charge on any atom is -0.297 e. The van der Waals surface area contributed by atoms with Crippen LogP contribution in [0.5, 0.6) is 0 Å². The summed E-state index contributed by atoms with van der Waals surface area (Å²) in [5.41, 5.74) is 0.404. The lowest BCUT2D eigenvalue weighted by Crippen LogP contribution is -2.04. The van der Waals surface area contributed by atoms with Gasteiger partial charge in [-0.05, 0) is 34.7 Å². The standard InChI is InChI=1S/C12H7F3OS/c13-12(14,15)10-3-1-2-8(4-10)9-5-11(6-16)17-7-9/h1-7H. The summed E-state index contributed by atoms with van der Waals surface area (Å²) in [6.07, 6.45) is -3.67. The van der Waals surface area contributed by atoms with Gasteiger partial charge in [0, 0.05) is 0 Å².